The van der Waals surface area contributed by atoms with Crippen LogP contribution in [0, 0.1) is 5.82 Å². The van der Waals surface area contributed by atoms with Crippen LogP contribution in [-0.4, -0.2) is 30.9 Å². The summed E-state index contributed by atoms with van der Waals surface area (Å²) in [7, 11) is 0. The molecule has 11 heteroatoms. The second kappa shape index (κ2) is 7.35. The number of hydrogen-bond donors (Lipinski definition) is 1. The SMILES string of the molecule is NC(=O)Oc1nc2ccc(Sc3nnc4ccc(-c5ccc(F)cc5)nn34)cc2s1. The van der Waals surface area contributed by atoms with Gasteiger partial charge in [0.05, 0.1) is 15.9 Å². The summed E-state index contributed by atoms with van der Waals surface area (Å²) in [6.07, 6.45) is -0.901. The number of benzene rings is 2. The molecule has 0 saturated heterocycles. The summed E-state index contributed by atoms with van der Waals surface area (Å²) >= 11 is 2.60. The van der Waals surface area contributed by atoms with Crippen LogP contribution in [0.3, 0.4) is 0 Å². The molecule has 0 spiro atoms. The third-order valence-electron chi connectivity index (χ3n) is 4.11. The average molecular weight is 438 g/mol. The lowest BCUT2D eigenvalue weighted by Gasteiger charge is -2.03. The summed E-state index contributed by atoms with van der Waals surface area (Å²) in [5, 5.41) is 13.7. The minimum Gasteiger partial charge on any atom is -0.381 e. The highest BCUT2D eigenvalue weighted by molar-refractivity contribution is 7.99. The van der Waals surface area contributed by atoms with Crippen LogP contribution in [0.5, 0.6) is 5.19 Å². The third kappa shape index (κ3) is 3.55. The number of primary amides is 1. The fraction of sp³-hybridized carbons (Fsp3) is 0. The van der Waals surface area contributed by atoms with Crippen LogP contribution in [-0.2, 0) is 0 Å². The van der Waals surface area contributed by atoms with Gasteiger partial charge in [-0.3, -0.25) is 0 Å². The van der Waals surface area contributed by atoms with Crippen LogP contribution in [0.25, 0.3) is 27.1 Å². The Hall–Kier alpha value is -3.57. The zero-order chi connectivity index (χ0) is 20.7. The van der Waals surface area contributed by atoms with E-state index in [0.717, 1.165) is 15.2 Å². The van der Waals surface area contributed by atoms with E-state index >= 15 is 0 Å². The summed E-state index contributed by atoms with van der Waals surface area (Å²) in [6, 6.07) is 15.4. The molecule has 30 heavy (non-hydrogen) atoms. The second-order valence-corrected chi connectivity index (χ2v) is 8.14. The molecule has 148 valence electrons. The molecule has 0 fully saturated rings. The number of hydrogen-bond acceptors (Lipinski definition) is 8. The Morgan fingerprint density at radius 3 is 2.73 bits per heavy atom. The lowest BCUT2D eigenvalue weighted by molar-refractivity contribution is 0.211. The molecule has 2 N–H and O–H groups in total. The van der Waals surface area contributed by atoms with E-state index in [1.54, 1.807) is 16.6 Å². The van der Waals surface area contributed by atoms with E-state index in [0.29, 0.717) is 22.0 Å². The van der Waals surface area contributed by atoms with Crippen LogP contribution in [0.4, 0.5) is 9.18 Å². The van der Waals surface area contributed by atoms with Gasteiger partial charge in [0.15, 0.2) is 5.65 Å². The normalized spacial score (nSPS) is 11.2. The van der Waals surface area contributed by atoms with Gasteiger partial charge in [-0.25, -0.2) is 14.2 Å². The van der Waals surface area contributed by atoms with Crippen LogP contribution < -0.4 is 10.5 Å². The maximum atomic E-state index is 13.2. The topological polar surface area (TPSA) is 108 Å². The van der Waals surface area contributed by atoms with Crippen molar-refractivity contribution in [3.8, 4) is 16.5 Å². The number of carbonyl (C=O) groups is 1. The van der Waals surface area contributed by atoms with E-state index < -0.39 is 6.09 Å². The largest absolute Gasteiger partial charge is 0.411 e. The first-order valence-electron chi connectivity index (χ1n) is 8.59. The maximum Gasteiger partial charge on any atom is 0.411 e. The standard InChI is InChI=1S/C19H11FN6O2S2/c20-11-3-1-10(2-4-11)13-7-8-16-23-24-18(26(16)25-13)29-12-5-6-14-15(9-12)30-19(22-14)28-17(21)27/h1-9H,(H2,21,27). The van der Waals surface area contributed by atoms with E-state index in [1.807, 2.05) is 30.3 Å². The number of thiazole rings is 1. The molecule has 3 aromatic heterocycles. The first kappa shape index (κ1) is 18.5. The van der Waals surface area contributed by atoms with Crippen molar-refractivity contribution in [2.24, 2.45) is 5.73 Å². The summed E-state index contributed by atoms with van der Waals surface area (Å²) < 4.78 is 20.5. The summed E-state index contributed by atoms with van der Waals surface area (Å²) in [5.74, 6) is -0.303. The zero-order valence-corrected chi connectivity index (χ0v) is 16.7. The molecule has 0 aliphatic rings. The minimum absolute atomic E-state index is 0.193. The van der Waals surface area contributed by atoms with Crippen molar-refractivity contribution in [2.75, 3.05) is 0 Å². The van der Waals surface area contributed by atoms with Crippen molar-refractivity contribution < 1.29 is 13.9 Å². The molecule has 5 rings (SSSR count). The molecule has 3 heterocycles. The molecular weight excluding hydrogens is 427 g/mol. The number of amides is 1. The smallest absolute Gasteiger partial charge is 0.381 e. The van der Waals surface area contributed by atoms with Gasteiger partial charge in [0.25, 0.3) is 5.19 Å². The monoisotopic (exact) mass is 438 g/mol. The molecule has 0 aliphatic carbocycles. The van der Waals surface area contributed by atoms with Crippen LogP contribution in [0.2, 0.25) is 0 Å². The average Bonchev–Trinajstić information content (AvgIpc) is 3.31. The quantitative estimate of drug-likeness (QED) is 0.449. The number of nitrogens with zero attached hydrogens (tertiary/aromatic N) is 5. The minimum atomic E-state index is -0.901. The molecule has 1 amide bonds. The highest BCUT2D eigenvalue weighted by Crippen LogP contribution is 2.34. The van der Waals surface area contributed by atoms with Crippen molar-refractivity contribution in [1.29, 1.82) is 0 Å². The van der Waals surface area contributed by atoms with Crippen molar-refractivity contribution in [3.63, 3.8) is 0 Å². The van der Waals surface area contributed by atoms with Gasteiger partial charge in [-0.2, -0.15) is 9.61 Å². The van der Waals surface area contributed by atoms with E-state index in [9.17, 15) is 9.18 Å². The van der Waals surface area contributed by atoms with Gasteiger partial charge in [0, 0.05) is 10.5 Å². The van der Waals surface area contributed by atoms with Gasteiger partial charge < -0.3 is 10.5 Å². The number of carbonyl (C=O) groups excluding carboxylic acids is 1. The van der Waals surface area contributed by atoms with Crippen molar-refractivity contribution in [1.82, 2.24) is 24.8 Å². The van der Waals surface area contributed by atoms with E-state index in [1.165, 1.54) is 35.2 Å². The molecule has 0 saturated carbocycles. The highest BCUT2D eigenvalue weighted by Gasteiger charge is 2.13. The molecule has 0 unspecified atom stereocenters. The Kier molecular flexibility index (Phi) is 4.52. The van der Waals surface area contributed by atoms with Gasteiger partial charge in [-0.1, -0.05) is 11.3 Å². The van der Waals surface area contributed by atoms with Crippen molar-refractivity contribution in [3.05, 3.63) is 60.4 Å². The first-order chi connectivity index (χ1) is 14.5. The maximum absolute atomic E-state index is 13.2. The molecule has 8 nitrogen and oxygen atoms in total. The molecule has 5 aromatic rings. The summed E-state index contributed by atoms with van der Waals surface area (Å²) in [5.41, 5.74) is 7.80. The molecule has 0 atom stereocenters. The van der Waals surface area contributed by atoms with Gasteiger partial charge in [-0.05, 0) is 66.4 Å². The zero-order valence-electron chi connectivity index (χ0n) is 15.0. The predicted octanol–water partition coefficient (Wildman–Crippen LogP) is 4.15. The Bertz CT molecular complexity index is 1400. The van der Waals surface area contributed by atoms with E-state index in [4.69, 9.17) is 10.5 Å². The van der Waals surface area contributed by atoms with Crippen LogP contribution in [0.1, 0.15) is 0 Å². The number of fused-ring (bicyclic) bond motifs is 2. The van der Waals surface area contributed by atoms with Gasteiger partial charge >= 0.3 is 6.09 Å². The molecular formula is C19H11FN6O2S2. The number of aromatic nitrogens is 5. The third-order valence-corrected chi connectivity index (χ3v) is 5.93. The molecule has 2 aromatic carbocycles. The highest BCUT2D eigenvalue weighted by atomic mass is 32.2. The Morgan fingerprint density at radius 2 is 1.93 bits per heavy atom. The molecule has 0 bridgehead atoms. The fourth-order valence-electron chi connectivity index (χ4n) is 2.79. The first-order valence-corrected chi connectivity index (χ1v) is 10.2. The number of ether oxygens (including phenoxy) is 1. The number of nitrogens with two attached hydrogens (primary N) is 1. The Balaban J connectivity index is 1.48. The van der Waals surface area contributed by atoms with Crippen molar-refractivity contribution in [2.45, 2.75) is 10.1 Å². The van der Waals surface area contributed by atoms with Crippen LogP contribution in [0.15, 0.2) is 64.6 Å². The van der Waals surface area contributed by atoms with Gasteiger partial charge in [0.1, 0.15) is 5.82 Å². The molecule has 0 radical (unpaired) electrons. The second-order valence-electron chi connectivity index (χ2n) is 6.11. The Labute approximate surface area is 176 Å². The summed E-state index contributed by atoms with van der Waals surface area (Å²) in [4.78, 5) is 16.0. The lowest BCUT2D eigenvalue weighted by Crippen LogP contribution is -2.15. The van der Waals surface area contributed by atoms with Crippen molar-refractivity contribution >= 4 is 45.1 Å². The number of halogens is 1. The fourth-order valence-corrected chi connectivity index (χ4v) is 4.55. The molecule has 0 aliphatic heterocycles. The Morgan fingerprint density at radius 1 is 1.10 bits per heavy atom. The van der Waals surface area contributed by atoms with Gasteiger partial charge in [0.2, 0.25) is 5.16 Å². The van der Waals surface area contributed by atoms with Crippen LogP contribution >= 0.6 is 23.1 Å². The number of rotatable bonds is 4. The van der Waals surface area contributed by atoms with Gasteiger partial charge in [-0.15, -0.1) is 10.2 Å². The summed E-state index contributed by atoms with van der Waals surface area (Å²) in [6.45, 7) is 0. The predicted molar refractivity (Wildman–Crippen MR) is 110 cm³/mol. The van der Waals surface area contributed by atoms with E-state index in [2.05, 4.69) is 20.3 Å². The van der Waals surface area contributed by atoms with E-state index in [-0.39, 0.29) is 11.0 Å². The lowest BCUT2D eigenvalue weighted by atomic mass is 10.1.